The lowest BCUT2D eigenvalue weighted by molar-refractivity contribution is 0.661. The minimum atomic E-state index is -0.318. The molecular formula is C48H31N5. The lowest BCUT2D eigenvalue weighted by Gasteiger charge is -2.22. The lowest BCUT2D eigenvalue weighted by atomic mass is 9.80. The van der Waals surface area contributed by atoms with Crippen molar-refractivity contribution in [3.63, 3.8) is 0 Å². The van der Waals surface area contributed by atoms with E-state index >= 15 is 0 Å². The Balaban J connectivity index is 1.23. The molecular weight excluding hydrogens is 647 g/mol. The van der Waals surface area contributed by atoms with Crippen molar-refractivity contribution in [1.82, 2.24) is 15.0 Å². The summed E-state index contributed by atoms with van der Waals surface area (Å²) < 4.78 is 0. The summed E-state index contributed by atoms with van der Waals surface area (Å²) in [4.78, 5) is 14.6. The lowest BCUT2D eigenvalue weighted by Crippen LogP contribution is -2.15. The van der Waals surface area contributed by atoms with Gasteiger partial charge in [-0.15, -0.1) is 0 Å². The molecule has 0 fully saturated rings. The van der Waals surface area contributed by atoms with Crippen molar-refractivity contribution in [2.45, 2.75) is 19.3 Å². The van der Waals surface area contributed by atoms with Gasteiger partial charge in [-0.2, -0.15) is 10.5 Å². The van der Waals surface area contributed by atoms with Gasteiger partial charge in [-0.25, -0.2) is 9.97 Å². The molecule has 2 aromatic heterocycles. The molecule has 0 saturated heterocycles. The van der Waals surface area contributed by atoms with Gasteiger partial charge < -0.3 is 0 Å². The van der Waals surface area contributed by atoms with Crippen LogP contribution in [0.3, 0.4) is 0 Å². The summed E-state index contributed by atoms with van der Waals surface area (Å²) in [5.41, 5.74) is 14.2. The van der Waals surface area contributed by atoms with Gasteiger partial charge in [-0.05, 0) is 110 Å². The van der Waals surface area contributed by atoms with E-state index in [0.717, 1.165) is 72.2 Å². The Morgan fingerprint density at radius 3 is 1.87 bits per heavy atom. The van der Waals surface area contributed by atoms with Crippen LogP contribution in [0.25, 0.3) is 78.1 Å². The van der Waals surface area contributed by atoms with E-state index < -0.39 is 0 Å². The monoisotopic (exact) mass is 677 g/mol. The van der Waals surface area contributed by atoms with Gasteiger partial charge in [0.15, 0.2) is 5.82 Å². The number of nitrogens with zero attached hydrogens (tertiary/aromatic N) is 5. The van der Waals surface area contributed by atoms with Crippen LogP contribution in [-0.4, -0.2) is 15.0 Å². The number of benzene rings is 6. The summed E-state index contributed by atoms with van der Waals surface area (Å²) in [5, 5.41) is 21.4. The highest BCUT2D eigenvalue weighted by Gasteiger charge is 2.36. The van der Waals surface area contributed by atoms with Crippen molar-refractivity contribution in [2.75, 3.05) is 0 Å². The Hall–Kier alpha value is -7.21. The molecule has 0 unspecified atom stereocenters. The SMILES string of the molecule is CC1(C)c2cc(-c3cc(-c4cccnc4)cc(-c4cc(-c5ccccc5)nc(-c5ccccc5)n4)c3)ccc2-c2cc3cc(C#N)cc(C#N)c3cc21. The fourth-order valence-electron chi connectivity index (χ4n) is 7.64. The zero-order valence-corrected chi connectivity index (χ0v) is 29.2. The fourth-order valence-corrected chi connectivity index (χ4v) is 7.64. The van der Waals surface area contributed by atoms with Crippen LogP contribution in [0.15, 0.2) is 152 Å². The molecule has 5 heteroatoms. The van der Waals surface area contributed by atoms with E-state index in [2.05, 4.69) is 104 Å². The van der Waals surface area contributed by atoms with Gasteiger partial charge in [0.05, 0.1) is 34.7 Å². The maximum atomic E-state index is 9.95. The summed E-state index contributed by atoms with van der Waals surface area (Å²) in [5.74, 6) is 0.668. The van der Waals surface area contributed by atoms with Gasteiger partial charge in [0, 0.05) is 40.1 Å². The highest BCUT2D eigenvalue weighted by Crippen LogP contribution is 2.51. The van der Waals surface area contributed by atoms with Crippen LogP contribution in [0, 0.1) is 22.7 Å². The van der Waals surface area contributed by atoms with Crippen LogP contribution in [0.5, 0.6) is 0 Å². The number of rotatable bonds is 5. The maximum Gasteiger partial charge on any atom is 0.160 e. The summed E-state index contributed by atoms with van der Waals surface area (Å²) in [7, 11) is 0. The van der Waals surface area contributed by atoms with E-state index in [1.165, 1.54) is 11.1 Å². The minimum absolute atomic E-state index is 0.318. The van der Waals surface area contributed by atoms with Gasteiger partial charge in [0.2, 0.25) is 0 Å². The molecule has 0 atom stereocenters. The number of hydrogen-bond acceptors (Lipinski definition) is 5. The number of pyridine rings is 1. The van der Waals surface area contributed by atoms with E-state index in [-0.39, 0.29) is 5.41 Å². The summed E-state index contributed by atoms with van der Waals surface area (Å²) in [6.45, 7) is 4.50. The van der Waals surface area contributed by atoms with Crippen molar-refractivity contribution in [1.29, 1.82) is 10.5 Å². The molecule has 6 aromatic carbocycles. The van der Waals surface area contributed by atoms with Crippen LogP contribution in [0.1, 0.15) is 36.1 Å². The van der Waals surface area contributed by atoms with Gasteiger partial charge in [0.25, 0.3) is 0 Å². The van der Waals surface area contributed by atoms with Crippen LogP contribution in [-0.2, 0) is 5.41 Å². The van der Waals surface area contributed by atoms with Crippen LogP contribution in [0.2, 0.25) is 0 Å². The third-order valence-electron chi connectivity index (χ3n) is 10.4. The Morgan fingerprint density at radius 1 is 0.509 bits per heavy atom. The summed E-state index contributed by atoms with van der Waals surface area (Å²) in [6, 6.07) is 52.2. The first-order valence-electron chi connectivity index (χ1n) is 17.5. The molecule has 53 heavy (non-hydrogen) atoms. The second-order valence-electron chi connectivity index (χ2n) is 14.0. The zero-order chi connectivity index (χ0) is 36.1. The zero-order valence-electron chi connectivity index (χ0n) is 29.2. The van der Waals surface area contributed by atoms with Crippen molar-refractivity contribution in [2.24, 2.45) is 0 Å². The maximum absolute atomic E-state index is 9.95. The quantitative estimate of drug-likeness (QED) is 0.181. The van der Waals surface area contributed by atoms with E-state index in [4.69, 9.17) is 9.97 Å². The molecule has 0 radical (unpaired) electrons. The minimum Gasteiger partial charge on any atom is -0.264 e. The van der Waals surface area contributed by atoms with Crippen molar-refractivity contribution >= 4 is 10.8 Å². The van der Waals surface area contributed by atoms with Crippen molar-refractivity contribution in [3.05, 3.63) is 174 Å². The molecule has 0 spiro atoms. The Bertz CT molecular complexity index is 2750. The van der Waals surface area contributed by atoms with E-state index in [1.807, 2.05) is 66.9 Å². The molecule has 5 nitrogen and oxygen atoms in total. The van der Waals surface area contributed by atoms with E-state index in [1.54, 1.807) is 12.3 Å². The number of nitriles is 2. The molecule has 1 aliphatic carbocycles. The van der Waals surface area contributed by atoms with E-state index in [9.17, 15) is 10.5 Å². The van der Waals surface area contributed by atoms with E-state index in [0.29, 0.717) is 17.0 Å². The fraction of sp³-hybridized carbons (Fsp3) is 0.0625. The highest BCUT2D eigenvalue weighted by molar-refractivity contribution is 5.97. The molecule has 0 bridgehead atoms. The van der Waals surface area contributed by atoms with Gasteiger partial charge in [0.1, 0.15) is 0 Å². The van der Waals surface area contributed by atoms with Gasteiger partial charge >= 0.3 is 0 Å². The molecule has 248 valence electrons. The van der Waals surface area contributed by atoms with Crippen LogP contribution in [0.4, 0.5) is 0 Å². The molecule has 0 aliphatic heterocycles. The standard InChI is InChI=1S/C48H31N5/c1-48(2)43-24-33(15-16-40(43)42-23-37-18-30(27-49)19-39(28-50)41(37)25-44(42)48)35-20-36(34-14-9-17-51-29-34)22-38(21-35)46-26-45(31-10-5-3-6-11-31)52-47(53-46)32-12-7-4-8-13-32/h3-26,29H,1-2H3. The molecule has 1 aliphatic rings. The molecule has 9 rings (SSSR count). The van der Waals surface area contributed by atoms with Crippen molar-refractivity contribution in [3.8, 4) is 79.4 Å². The smallest absolute Gasteiger partial charge is 0.160 e. The third-order valence-corrected chi connectivity index (χ3v) is 10.4. The molecule has 8 aromatic rings. The highest BCUT2D eigenvalue weighted by atomic mass is 14.9. The number of fused-ring (bicyclic) bond motifs is 4. The summed E-state index contributed by atoms with van der Waals surface area (Å²) >= 11 is 0. The predicted molar refractivity (Wildman–Crippen MR) is 212 cm³/mol. The van der Waals surface area contributed by atoms with Crippen LogP contribution < -0.4 is 0 Å². The Morgan fingerprint density at radius 2 is 1.17 bits per heavy atom. The third kappa shape index (κ3) is 5.53. The normalized spacial score (nSPS) is 12.5. The molecule has 2 heterocycles. The first-order chi connectivity index (χ1) is 25.9. The van der Waals surface area contributed by atoms with Crippen molar-refractivity contribution < 1.29 is 0 Å². The van der Waals surface area contributed by atoms with Crippen LogP contribution >= 0.6 is 0 Å². The topological polar surface area (TPSA) is 86.2 Å². The Labute approximate surface area is 308 Å². The molecule has 0 N–H and O–H groups in total. The number of hydrogen-bond donors (Lipinski definition) is 0. The van der Waals surface area contributed by atoms with Gasteiger partial charge in [-0.1, -0.05) is 92.7 Å². The molecule has 0 saturated carbocycles. The first-order valence-corrected chi connectivity index (χ1v) is 17.5. The average molecular weight is 678 g/mol. The predicted octanol–water partition coefficient (Wildman–Crippen LogP) is 11.4. The largest absolute Gasteiger partial charge is 0.264 e. The summed E-state index contributed by atoms with van der Waals surface area (Å²) in [6.07, 6.45) is 3.69. The second kappa shape index (κ2) is 12.5. The second-order valence-corrected chi connectivity index (χ2v) is 14.0. The average Bonchev–Trinajstić information content (AvgIpc) is 3.44. The van der Waals surface area contributed by atoms with Gasteiger partial charge in [-0.3, -0.25) is 4.98 Å². The Kier molecular flexibility index (Phi) is 7.51. The number of aromatic nitrogens is 3. The molecule has 0 amide bonds. The first kappa shape index (κ1) is 31.7.